The van der Waals surface area contributed by atoms with E-state index in [1.54, 1.807) is 6.92 Å². The molecule has 0 bridgehead atoms. The fourth-order valence-corrected chi connectivity index (χ4v) is 1.68. The predicted octanol–water partition coefficient (Wildman–Crippen LogP) is 1.71. The molecular formula is C10H20F2N2. The standard InChI is InChI=1S/C10H20F2N2/c1-8(10(2,11)12)13-9-4-6-14(3)7-5-9/h8-9,13H,4-7H2,1-3H3. The van der Waals surface area contributed by atoms with Gasteiger partial charge >= 0.3 is 0 Å². The topological polar surface area (TPSA) is 15.3 Å². The van der Waals surface area contributed by atoms with E-state index in [1.807, 2.05) is 0 Å². The van der Waals surface area contributed by atoms with E-state index in [2.05, 4.69) is 17.3 Å². The fourth-order valence-electron chi connectivity index (χ4n) is 1.68. The van der Waals surface area contributed by atoms with Gasteiger partial charge in [-0.05, 0) is 39.9 Å². The quantitative estimate of drug-likeness (QED) is 0.756. The molecule has 2 nitrogen and oxygen atoms in total. The number of nitrogens with one attached hydrogen (secondary N) is 1. The lowest BCUT2D eigenvalue weighted by Crippen LogP contribution is -2.49. The van der Waals surface area contributed by atoms with Gasteiger partial charge in [-0.25, -0.2) is 8.78 Å². The Bertz CT molecular complexity index is 171. The molecule has 1 heterocycles. The first kappa shape index (κ1) is 11.9. The highest BCUT2D eigenvalue weighted by Crippen LogP contribution is 2.19. The van der Waals surface area contributed by atoms with Crippen LogP contribution in [-0.2, 0) is 0 Å². The van der Waals surface area contributed by atoms with Gasteiger partial charge in [0.25, 0.3) is 5.92 Å². The second-order valence-electron chi connectivity index (χ2n) is 4.42. The first-order valence-electron chi connectivity index (χ1n) is 5.22. The summed E-state index contributed by atoms with van der Waals surface area (Å²) < 4.78 is 25.7. The molecule has 1 atom stereocenters. The first-order valence-corrected chi connectivity index (χ1v) is 5.22. The van der Waals surface area contributed by atoms with Gasteiger partial charge in [0.2, 0.25) is 0 Å². The lowest BCUT2D eigenvalue weighted by molar-refractivity contribution is -0.0180. The minimum atomic E-state index is -2.62. The molecule has 0 aliphatic carbocycles. The molecular weight excluding hydrogens is 186 g/mol. The number of hydrogen-bond acceptors (Lipinski definition) is 2. The van der Waals surface area contributed by atoms with E-state index in [-0.39, 0.29) is 6.04 Å². The van der Waals surface area contributed by atoms with Gasteiger partial charge in [-0.2, -0.15) is 0 Å². The summed E-state index contributed by atoms with van der Waals surface area (Å²) >= 11 is 0. The second kappa shape index (κ2) is 4.53. The van der Waals surface area contributed by atoms with Crippen LogP contribution in [0.2, 0.25) is 0 Å². The number of nitrogens with zero attached hydrogens (tertiary/aromatic N) is 1. The van der Waals surface area contributed by atoms with Gasteiger partial charge < -0.3 is 10.2 Å². The number of likely N-dealkylation sites (tertiary alicyclic amines) is 1. The van der Waals surface area contributed by atoms with Crippen LogP contribution >= 0.6 is 0 Å². The summed E-state index contributed by atoms with van der Waals surface area (Å²) in [5.74, 6) is -2.62. The SMILES string of the molecule is CC(NC1CCN(C)CC1)C(C)(F)F. The third-order valence-corrected chi connectivity index (χ3v) is 2.96. The molecule has 0 saturated carbocycles. The summed E-state index contributed by atoms with van der Waals surface area (Å²) in [6.07, 6.45) is 1.94. The number of hydrogen-bond donors (Lipinski definition) is 1. The van der Waals surface area contributed by atoms with Crippen LogP contribution in [0.4, 0.5) is 8.78 Å². The molecule has 0 radical (unpaired) electrons. The smallest absolute Gasteiger partial charge is 0.260 e. The molecule has 84 valence electrons. The van der Waals surface area contributed by atoms with Gasteiger partial charge in [-0.1, -0.05) is 0 Å². The van der Waals surface area contributed by atoms with Crippen molar-refractivity contribution in [3.05, 3.63) is 0 Å². The highest BCUT2D eigenvalue weighted by atomic mass is 19.3. The number of alkyl halides is 2. The minimum Gasteiger partial charge on any atom is -0.306 e. The number of rotatable bonds is 3. The molecule has 0 spiro atoms. The highest BCUT2D eigenvalue weighted by molar-refractivity contribution is 4.82. The van der Waals surface area contributed by atoms with Crippen molar-refractivity contribution in [1.82, 2.24) is 10.2 Å². The molecule has 1 saturated heterocycles. The van der Waals surface area contributed by atoms with E-state index in [0.29, 0.717) is 0 Å². The molecule has 0 aromatic heterocycles. The third-order valence-electron chi connectivity index (χ3n) is 2.96. The Kier molecular flexibility index (Phi) is 3.84. The van der Waals surface area contributed by atoms with Crippen molar-refractivity contribution in [1.29, 1.82) is 0 Å². The molecule has 14 heavy (non-hydrogen) atoms. The molecule has 1 unspecified atom stereocenters. The Morgan fingerprint density at radius 2 is 1.86 bits per heavy atom. The fraction of sp³-hybridized carbons (Fsp3) is 1.00. The Morgan fingerprint density at radius 3 is 2.29 bits per heavy atom. The third kappa shape index (κ3) is 3.50. The van der Waals surface area contributed by atoms with E-state index < -0.39 is 12.0 Å². The van der Waals surface area contributed by atoms with Crippen LogP contribution in [0.15, 0.2) is 0 Å². The van der Waals surface area contributed by atoms with Crippen molar-refractivity contribution < 1.29 is 8.78 Å². The van der Waals surface area contributed by atoms with Crippen molar-refractivity contribution >= 4 is 0 Å². The van der Waals surface area contributed by atoms with Crippen LogP contribution in [0.1, 0.15) is 26.7 Å². The lowest BCUT2D eigenvalue weighted by Gasteiger charge is -2.33. The summed E-state index contributed by atoms with van der Waals surface area (Å²) in [6, 6.07) is -0.470. The van der Waals surface area contributed by atoms with E-state index in [9.17, 15) is 8.78 Å². The zero-order valence-corrected chi connectivity index (χ0v) is 9.19. The summed E-state index contributed by atoms with van der Waals surface area (Å²) in [4.78, 5) is 2.23. The van der Waals surface area contributed by atoms with Crippen LogP contribution in [0.5, 0.6) is 0 Å². The Labute approximate surface area is 84.7 Å². The highest BCUT2D eigenvalue weighted by Gasteiger charge is 2.32. The van der Waals surface area contributed by atoms with Crippen LogP contribution in [0.3, 0.4) is 0 Å². The van der Waals surface area contributed by atoms with Crippen LogP contribution < -0.4 is 5.32 Å². The van der Waals surface area contributed by atoms with Gasteiger partial charge in [0.1, 0.15) is 0 Å². The molecule has 0 amide bonds. The predicted molar refractivity (Wildman–Crippen MR) is 53.7 cm³/mol. The second-order valence-corrected chi connectivity index (χ2v) is 4.42. The van der Waals surface area contributed by atoms with Crippen LogP contribution in [-0.4, -0.2) is 43.0 Å². The van der Waals surface area contributed by atoms with Crippen molar-refractivity contribution in [2.75, 3.05) is 20.1 Å². The van der Waals surface area contributed by atoms with E-state index in [4.69, 9.17) is 0 Å². The van der Waals surface area contributed by atoms with E-state index in [1.165, 1.54) is 0 Å². The minimum absolute atomic E-state index is 0.257. The molecule has 1 fully saturated rings. The molecule has 0 aromatic carbocycles. The van der Waals surface area contributed by atoms with E-state index in [0.717, 1.165) is 32.9 Å². The summed E-state index contributed by atoms with van der Waals surface area (Å²) in [5.41, 5.74) is 0. The van der Waals surface area contributed by atoms with Gasteiger partial charge in [0, 0.05) is 13.0 Å². The lowest BCUT2D eigenvalue weighted by atomic mass is 10.0. The monoisotopic (exact) mass is 206 g/mol. The maximum absolute atomic E-state index is 12.9. The molecule has 1 aliphatic heterocycles. The zero-order valence-electron chi connectivity index (χ0n) is 9.19. The Balaban J connectivity index is 2.31. The average Bonchev–Trinajstić information content (AvgIpc) is 2.07. The van der Waals surface area contributed by atoms with Gasteiger partial charge in [-0.15, -0.1) is 0 Å². The van der Waals surface area contributed by atoms with Crippen molar-refractivity contribution in [3.63, 3.8) is 0 Å². The van der Waals surface area contributed by atoms with Gasteiger partial charge in [0.05, 0.1) is 6.04 Å². The maximum atomic E-state index is 12.9. The average molecular weight is 206 g/mol. The summed E-state index contributed by atoms with van der Waals surface area (Å²) in [7, 11) is 2.06. The maximum Gasteiger partial charge on any atom is 0.260 e. The molecule has 0 aromatic rings. The van der Waals surface area contributed by atoms with E-state index >= 15 is 0 Å². The largest absolute Gasteiger partial charge is 0.306 e. The molecule has 1 rings (SSSR count). The Hall–Kier alpha value is -0.220. The number of piperidine rings is 1. The zero-order chi connectivity index (χ0) is 10.8. The summed E-state index contributed by atoms with van der Waals surface area (Å²) in [5, 5.41) is 3.00. The molecule has 1 N–H and O–H groups in total. The normalized spacial score (nSPS) is 23.8. The van der Waals surface area contributed by atoms with Crippen LogP contribution in [0, 0.1) is 0 Å². The van der Waals surface area contributed by atoms with Gasteiger partial charge in [0.15, 0.2) is 0 Å². The summed E-state index contributed by atoms with van der Waals surface area (Å²) in [6.45, 7) is 4.53. The molecule has 4 heteroatoms. The van der Waals surface area contributed by atoms with Gasteiger partial charge in [-0.3, -0.25) is 0 Å². The Morgan fingerprint density at radius 1 is 1.36 bits per heavy atom. The van der Waals surface area contributed by atoms with Crippen molar-refractivity contribution in [2.45, 2.75) is 44.7 Å². The first-order chi connectivity index (χ1) is 6.39. The molecule has 1 aliphatic rings. The number of halogens is 2. The van der Waals surface area contributed by atoms with Crippen molar-refractivity contribution in [2.24, 2.45) is 0 Å². The van der Waals surface area contributed by atoms with Crippen molar-refractivity contribution in [3.8, 4) is 0 Å². The van der Waals surface area contributed by atoms with Crippen LogP contribution in [0.25, 0.3) is 0 Å².